The van der Waals surface area contributed by atoms with Gasteiger partial charge in [0.1, 0.15) is 0 Å². The maximum Gasteiger partial charge on any atom is 0.231 e. The van der Waals surface area contributed by atoms with Crippen molar-refractivity contribution in [1.82, 2.24) is 9.88 Å². The van der Waals surface area contributed by atoms with Crippen LogP contribution in [-0.4, -0.2) is 35.8 Å². The largest absolute Gasteiger partial charge is 0.454 e. The Morgan fingerprint density at radius 1 is 0.667 bits per heavy atom. The molecule has 1 saturated heterocycles. The molecular weight excluding hydrogens is 590 g/mol. The van der Waals surface area contributed by atoms with Crippen molar-refractivity contribution >= 4 is 5.69 Å². The van der Waals surface area contributed by atoms with Crippen molar-refractivity contribution in [1.29, 1.82) is 0 Å². The minimum absolute atomic E-state index is 0.286. The molecule has 3 heterocycles. The van der Waals surface area contributed by atoms with E-state index in [2.05, 4.69) is 130 Å². The summed E-state index contributed by atoms with van der Waals surface area (Å²) in [5.74, 6) is 1.66. The maximum atomic E-state index is 5.82. The van der Waals surface area contributed by atoms with E-state index in [1.54, 1.807) is 0 Å². The Labute approximate surface area is 286 Å². The van der Waals surface area contributed by atoms with Crippen LogP contribution in [0, 0.1) is 41.5 Å². The molecule has 246 valence electrons. The Bertz CT molecular complexity index is 1910. The minimum atomic E-state index is 0.286. The third kappa shape index (κ3) is 6.70. The molecule has 0 radical (unpaired) electrons. The molecule has 0 N–H and O–H groups in total. The first kappa shape index (κ1) is 32.0. The minimum Gasteiger partial charge on any atom is -0.454 e. The van der Waals surface area contributed by atoms with Crippen molar-refractivity contribution in [2.45, 2.75) is 73.5 Å². The zero-order chi connectivity index (χ0) is 33.4. The molecule has 0 atom stereocenters. The number of piperidine rings is 1. The Balaban J connectivity index is 1.09. The van der Waals surface area contributed by atoms with Gasteiger partial charge in [-0.05, 0) is 152 Å². The molecule has 5 heteroatoms. The molecule has 1 fully saturated rings. The molecule has 0 amide bonds. The number of aromatic nitrogens is 1. The fourth-order valence-electron chi connectivity index (χ4n) is 7.30. The highest BCUT2D eigenvalue weighted by molar-refractivity contribution is 5.67. The number of fused-ring (bicyclic) bond motifs is 1. The Hall–Kier alpha value is -4.61. The molecule has 1 aromatic heterocycles. The van der Waals surface area contributed by atoms with Gasteiger partial charge in [0.2, 0.25) is 6.79 Å². The molecule has 7 rings (SSSR count). The third-order valence-electron chi connectivity index (χ3n) is 10.7. The molecule has 0 bridgehead atoms. The summed E-state index contributed by atoms with van der Waals surface area (Å²) in [7, 11) is 0. The number of hydrogen-bond acceptors (Lipinski definition) is 5. The average Bonchev–Trinajstić information content (AvgIpc) is 3.57. The van der Waals surface area contributed by atoms with Gasteiger partial charge in [-0.3, -0.25) is 9.88 Å². The fourth-order valence-corrected chi connectivity index (χ4v) is 7.30. The Kier molecular flexibility index (Phi) is 8.98. The first-order chi connectivity index (χ1) is 23.2. The lowest BCUT2D eigenvalue weighted by Gasteiger charge is -2.40. The van der Waals surface area contributed by atoms with E-state index in [1.165, 1.54) is 66.9 Å². The predicted molar refractivity (Wildman–Crippen MR) is 197 cm³/mol. The van der Waals surface area contributed by atoms with Gasteiger partial charge in [0.15, 0.2) is 11.5 Å². The van der Waals surface area contributed by atoms with Crippen LogP contribution in [0.15, 0.2) is 85.1 Å². The van der Waals surface area contributed by atoms with Gasteiger partial charge in [0, 0.05) is 55.7 Å². The molecule has 0 aliphatic carbocycles. The van der Waals surface area contributed by atoms with Gasteiger partial charge in [-0.15, -0.1) is 0 Å². The Morgan fingerprint density at radius 2 is 1.33 bits per heavy atom. The second kappa shape index (κ2) is 13.5. The number of rotatable bonds is 8. The predicted octanol–water partition coefficient (Wildman–Crippen LogP) is 9.67. The van der Waals surface area contributed by atoms with E-state index >= 15 is 0 Å². The molecule has 2 aliphatic heterocycles. The van der Waals surface area contributed by atoms with Crippen LogP contribution in [0.5, 0.6) is 11.5 Å². The summed E-state index contributed by atoms with van der Waals surface area (Å²) in [6.07, 6.45) is 4.16. The van der Waals surface area contributed by atoms with Crippen LogP contribution in [0.3, 0.4) is 0 Å². The second-order valence-electron chi connectivity index (χ2n) is 13.9. The number of nitrogens with zero attached hydrogens (tertiary/aromatic N) is 3. The van der Waals surface area contributed by atoms with Gasteiger partial charge in [-0.25, -0.2) is 0 Å². The summed E-state index contributed by atoms with van der Waals surface area (Å²) in [5, 5.41) is 0. The van der Waals surface area contributed by atoms with Crippen LogP contribution < -0.4 is 14.4 Å². The summed E-state index contributed by atoms with van der Waals surface area (Å²) in [6, 6.07) is 29.6. The summed E-state index contributed by atoms with van der Waals surface area (Å²) in [6.45, 7) is 17.4. The molecule has 2 aliphatic rings. The van der Waals surface area contributed by atoms with E-state index in [9.17, 15) is 0 Å². The number of likely N-dealkylation sites (tertiary alicyclic amines) is 1. The highest BCUT2D eigenvalue weighted by Gasteiger charge is 2.27. The zero-order valence-corrected chi connectivity index (χ0v) is 29.3. The SMILES string of the molecule is Cc1cc(-c2cccc(CN(c3ccc4c(c3)OCO4)C3CCN(Cc4ccnc(-c5cc(C)c(C)c(C)c5)c4)CC3)c2)cc(C)c1C. The van der Waals surface area contributed by atoms with Gasteiger partial charge in [-0.1, -0.05) is 30.3 Å². The smallest absolute Gasteiger partial charge is 0.231 e. The average molecular weight is 638 g/mol. The summed E-state index contributed by atoms with van der Waals surface area (Å²) in [5.41, 5.74) is 16.7. The normalized spacial score (nSPS) is 14.8. The van der Waals surface area contributed by atoms with Crippen LogP contribution in [0.1, 0.15) is 57.3 Å². The van der Waals surface area contributed by atoms with Crippen molar-refractivity contribution in [2.75, 3.05) is 24.8 Å². The molecular formula is C43H47N3O2. The molecule has 5 aromatic rings. The standard InChI is InChI=1S/C43H47N3O2/c1-28-18-37(19-29(2)32(28)5)36-9-7-8-34(22-36)26-46(40-10-11-42-43(24-40)48-27-47-42)39-13-16-45(17-14-39)25-35-12-15-44-41(23-35)38-20-30(3)33(6)31(4)21-38/h7-12,15,18-24,39H,13-14,16-17,25-27H2,1-6H3. The summed E-state index contributed by atoms with van der Waals surface area (Å²) < 4.78 is 11.5. The van der Waals surface area contributed by atoms with Crippen LogP contribution in [0.25, 0.3) is 22.4 Å². The number of hydrogen-bond donors (Lipinski definition) is 0. The lowest BCUT2D eigenvalue weighted by Crippen LogP contribution is -2.44. The third-order valence-corrected chi connectivity index (χ3v) is 10.7. The van der Waals surface area contributed by atoms with Crippen molar-refractivity contribution in [3.63, 3.8) is 0 Å². The van der Waals surface area contributed by atoms with E-state index in [-0.39, 0.29) is 6.79 Å². The molecule has 48 heavy (non-hydrogen) atoms. The van der Waals surface area contributed by atoms with Crippen molar-refractivity contribution in [3.8, 4) is 33.9 Å². The van der Waals surface area contributed by atoms with Crippen LogP contribution in [-0.2, 0) is 13.1 Å². The second-order valence-corrected chi connectivity index (χ2v) is 13.9. The van der Waals surface area contributed by atoms with Crippen molar-refractivity contribution in [3.05, 3.63) is 130 Å². The van der Waals surface area contributed by atoms with Crippen LogP contribution >= 0.6 is 0 Å². The first-order valence-electron chi connectivity index (χ1n) is 17.3. The zero-order valence-electron chi connectivity index (χ0n) is 29.3. The number of ether oxygens (including phenoxy) is 2. The van der Waals surface area contributed by atoms with E-state index in [4.69, 9.17) is 14.5 Å². The van der Waals surface area contributed by atoms with Gasteiger partial charge in [0.05, 0.1) is 5.69 Å². The van der Waals surface area contributed by atoms with Crippen LogP contribution in [0.4, 0.5) is 5.69 Å². The van der Waals surface area contributed by atoms with Crippen molar-refractivity contribution < 1.29 is 9.47 Å². The van der Waals surface area contributed by atoms with Crippen LogP contribution in [0.2, 0.25) is 0 Å². The summed E-state index contributed by atoms with van der Waals surface area (Å²) in [4.78, 5) is 9.93. The topological polar surface area (TPSA) is 37.8 Å². The lowest BCUT2D eigenvalue weighted by molar-refractivity contribution is 0.174. The van der Waals surface area contributed by atoms with E-state index < -0.39 is 0 Å². The molecule has 4 aromatic carbocycles. The van der Waals surface area contributed by atoms with Gasteiger partial charge in [-0.2, -0.15) is 0 Å². The number of anilines is 1. The molecule has 0 spiro atoms. The van der Waals surface area contributed by atoms with E-state index in [1.807, 2.05) is 6.20 Å². The molecule has 0 unspecified atom stereocenters. The highest BCUT2D eigenvalue weighted by atomic mass is 16.7. The van der Waals surface area contributed by atoms with E-state index in [0.29, 0.717) is 6.04 Å². The van der Waals surface area contributed by atoms with Gasteiger partial charge < -0.3 is 14.4 Å². The first-order valence-corrected chi connectivity index (χ1v) is 17.3. The fraction of sp³-hybridized carbons (Fsp3) is 0.326. The quantitative estimate of drug-likeness (QED) is 0.169. The lowest BCUT2D eigenvalue weighted by atomic mass is 9.95. The number of aryl methyl sites for hydroxylation is 4. The van der Waals surface area contributed by atoms with Crippen molar-refractivity contribution in [2.24, 2.45) is 0 Å². The monoisotopic (exact) mass is 637 g/mol. The van der Waals surface area contributed by atoms with Gasteiger partial charge >= 0.3 is 0 Å². The Morgan fingerprint density at radius 3 is 2.04 bits per heavy atom. The highest BCUT2D eigenvalue weighted by Crippen LogP contribution is 2.38. The molecule has 0 saturated carbocycles. The number of benzene rings is 4. The summed E-state index contributed by atoms with van der Waals surface area (Å²) >= 11 is 0. The maximum absolute atomic E-state index is 5.82. The number of pyridine rings is 1. The molecule has 5 nitrogen and oxygen atoms in total. The van der Waals surface area contributed by atoms with Gasteiger partial charge in [0.25, 0.3) is 0 Å². The van der Waals surface area contributed by atoms with E-state index in [0.717, 1.165) is 56.2 Å².